The topological polar surface area (TPSA) is 66.8 Å². The Kier molecular flexibility index (Phi) is 5.01. The number of benzene rings is 2. The highest BCUT2D eigenvalue weighted by molar-refractivity contribution is 7.86. The summed E-state index contributed by atoms with van der Waals surface area (Å²) in [5.41, 5.74) is 2.37. The van der Waals surface area contributed by atoms with Crippen molar-refractivity contribution in [1.82, 2.24) is 0 Å². The molecule has 6 heteroatoms. The number of hydrogen-bond donors (Lipinski definition) is 1. The maximum absolute atomic E-state index is 12.0. The van der Waals surface area contributed by atoms with Gasteiger partial charge in [0.25, 0.3) is 10.1 Å². The van der Waals surface area contributed by atoms with Crippen molar-refractivity contribution in [3.8, 4) is 11.5 Å². The molecule has 1 heterocycles. The van der Waals surface area contributed by atoms with Gasteiger partial charge in [0.05, 0.1) is 11.4 Å². The minimum absolute atomic E-state index is 0.256. The van der Waals surface area contributed by atoms with E-state index in [0.29, 0.717) is 22.9 Å². The Morgan fingerprint density at radius 3 is 2.48 bits per heavy atom. The Bertz CT molecular complexity index is 863. The average molecular weight is 361 g/mol. The van der Waals surface area contributed by atoms with Gasteiger partial charge in [-0.3, -0.25) is 4.55 Å². The first kappa shape index (κ1) is 17.8. The number of fused-ring (bicyclic) bond motifs is 2. The van der Waals surface area contributed by atoms with Crippen molar-refractivity contribution in [1.29, 1.82) is 0 Å². The number of unbranched alkanes of at least 4 members (excludes halogenated alkanes) is 1. The van der Waals surface area contributed by atoms with Crippen LogP contribution in [0.2, 0.25) is 0 Å². The molecule has 134 valence electrons. The second kappa shape index (κ2) is 7.06. The Balaban J connectivity index is 2.19. The lowest BCUT2D eigenvalue weighted by Gasteiger charge is -2.37. The molecule has 2 aromatic carbocycles. The zero-order chi connectivity index (χ0) is 18.0. The predicted octanol–water partition coefficient (Wildman–Crippen LogP) is 4.90. The lowest BCUT2D eigenvalue weighted by Crippen LogP contribution is -2.38. The number of rotatable bonds is 6. The summed E-state index contributed by atoms with van der Waals surface area (Å²) < 4.78 is 39.9. The second-order valence-electron chi connectivity index (χ2n) is 6.19. The molecule has 0 spiro atoms. The van der Waals surface area contributed by atoms with Crippen LogP contribution >= 0.6 is 0 Å². The highest BCUT2D eigenvalue weighted by Crippen LogP contribution is 2.50. The van der Waals surface area contributed by atoms with Crippen LogP contribution in [0.1, 0.15) is 38.7 Å². The van der Waals surface area contributed by atoms with Crippen molar-refractivity contribution >= 4 is 21.5 Å². The van der Waals surface area contributed by atoms with Gasteiger partial charge in [-0.1, -0.05) is 44.5 Å². The normalized spacial score (nSPS) is 14.4. The fourth-order valence-electron chi connectivity index (χ4n) is 3.26. The van der Waals surface area contributed by atoms with Crippen molar-refractivity contribution < 1.29 is 17.7 Å². The monoisotopic (exact) mass is 361 g/mol. The molecule has 5 nitrogen and oxygen atoms in total. The van der Waals surface area contributed by atoms with E-state index in [9.17, 15) is 13.0 Å². The zero-order valence-electron chi connectivity index (χ0n) is 14.5. The fraction of sp³-hybridized carbons (Fsp3) is 0.368. The molecule has 1 aliphatic heterocycles. The van der Waals surface area contributed by atoms with Gasteiger partial charge in [0.2, 0.25) is 0 Å². The third-order valence-electron chi connectivity index (χ3n) is 4.45. The first-order chi connectivity index (χ1) is 12.0. The fourth-order valence-corrected chi connectivity index (χ4v) is 4.18. The molecule has 2 aromatic rings. The van der Waals surface area contributed by atoms with Crippen LogP contribution in [0.5, 0.6) is 11.5 Å². The SMILES string of the molecule is CCCCc1cccc2c1Oc1ccccc1N2C(CC)S(=O)(=O)O. The number of aryl methyl sites for hydroxylation is 1. The van der Waals surface area contributed by atoms with Crippen molar-refractivity contribution in [2.45, 2.75) is 44.9 Å². The van der Waals surface area contributed by atoms with E-state index < -0.39 is 15.5 Å². The summed E-state index contributed by atoms with van der Waals surface area (Å²) in [6.45, 7) is 3.88. The molecule has 1 aliphatic rings. The Morgan fingerprint density at radius 2 is 1.80 bits per heavy atom. The Hall–Kier alpha value is -2.05. The van der Waals surface area contributed by atoms with E-state index in [2.05, 4.69) is 6.92 Å². The molecule has 0 bridgehead atoms. The number of ether oxygens (including phenoxy) is 1. The minimum Gasteiger partial charge on any atom is -0.453 e. The lowest BCUT2D eigenvalue weighted by atomic mass is 10.0. The molecule has 1 N–H and O–H groups in total. The molecule has 1 atom stereocenters. The van der Waals surface area contributed by atoms with Gasteiger partial charge < -0.3 is 9.64 Å². The van der Waals surface area contributed by atoms with E-state index in [4.69, 9.17) is 4.74 Å². The maximum atomic E-state index is 12.0. The van der Waals surface area contributed by atoms with Crippen LogP contribution in [0.15, 0.2) is 42.5 Å². The van der Waals surface area contributed by atoms with Gasteiger partial charge in [0.15, 0.2) is 16.9 Å². The van der Waals surface area contributed by atoms with E-state index in [-0.39, 0.29) is 6.42 Å². The molecule has 1 unspecified atom stereocenters. The first-order valence-corrected chi connectivity index (χ1v) is 10.1. The lowest BCUT2D eigenvalue weighted by molar-refractivity contribution is 0.448. The van der Waals surface area contributed by atoms with E-state index in [1.165, 1.54) is 0 Å². The van der Waals surface area contributed by atoms with E-state index in [1.807, 2.05) is 42.5 Å². The number of anilines is 2. The smallest absolute Gasteiger partial charge is 0.286 e. The Morgan fingerprint density at radius 1 is 1.08 bits per heavy atom. The van der Waals surface area contributed by atoms with E-state index in [0.717, 1.165) is 24.8 Å². The highest BCUT2D eigenvalue weighted by Gasteiger charge is 2.36. The third kappa shape index (κ3) is 3.37. The quantitative estimate of drug-likeness (QED) is 0.742. The van der Waals surface area contributed by atoms with Gasteiger partial charge in [0, 0.05) is 0 Å². The summed E-state index contributed by atoms with van der Waals surface area (Å²) in [7, 11) is -4.26. The Labute approximate surface area is 149 Å². The third-order valence-corrected chi connectivity index (χ3v) is 5.68. The number of nitrogens with zero attached hydrogens (tertiary/aromatic N) is 1. The second-order valence-corrected chi connectivity index (χ2v) is 7.76. The van der Waals surface area contributed by atoms with E-state index >= 15 is 0 Å². The van der Waals surface area contributed by atoms with Crippen LogP contribution in [0.25, 0.3) is 0 Å². The van der Waals surface area contributed by atoms with Gasteiger partial charge in [-0.2, -0.15) is 8.42 Å². The molecule has 0 saturated carbocycles. The van der Waals surface area contributed by atoms with E-state index in [1.54, 1.807) is 11.8 Å². The molecular weight excluding hydrogens is 338 g/mol. The standard InChI is InChI=1S/C19H23NO4S/c1-3-5-9-14-10-8-12-16-19(14)24-17-13-7-6-11-15(17)20(16)18(4-2)25(21,22)23/h6-8,10-13,18H,3-5,9H2,1-2H3,(H,21,22,23). The van der Waals surface area contributed by atoms with Gasteiger partial charge in [0.1, 0.15) is 0 Å². The van der Waals surface area contributed by atoms with Crippen LogP contribution in [0.4, 0.5) is 11.4 Å². The molecule has 0 saturated heterocycles. The predicted molar refractivity (Wildman–Crippen MR) is 99.3 cm³/mol. The van der Waals surface area contributed by atoms with Crippen molar-refractivity contribution in [2.75, 3.05) is 4.90 Å². The van der Waals surface area contributed by atoms with Crippen LogP contribution in [-0.2, 0) is 16.5 Å². The molecule has 0 aromatic heterocycles. The van der Waals surface area contributed by atoms with Gasteiger partial charge in [-0.25, -0.2) is 0 Å². The van der Waals surface area contributed by atoms with Gasteiger partial charge >= 0.3 is 0 Å². The molecule has 0 radical (unpaired) electrons. The summed E-state index contributed by atoms with van der Waals surface area (Å²) in [4.78, 5) is 1.68. The maximum Gasteiger partial charge on any atom is 0.286 e. The summed E-state index contributed by atoms with van der Waals surface area (Å²) in [5, 5.41) is -1.06. The molecule has 0 aliphatic carbocycles. The van der Waals surface area contributed by atoms with Gasteiger partial charge in [-0.05, 0) is 43.0 Å². The summed E-state index contributed by atoms with van der Waals surface area (Å²) in [6.07, 6.45) is 3.20. The van der Waals surface area contributed by atoms with Crippen LogP contribution in [0.3, 0.4) is 0 Å². The molecule has 0 fully saturated rings. The van der Waals surface area contributed by atoms with Crippen LogP contribution in [-0.4, -0.2) is 18.3 Å². The number of para-hydroxylation sites is 3. The zero-order valence-corrected chi connectivity index (χ0v) is 15.3. The van der Waals surface area contributed by atoms with Crippen LogP contribution < -0.4 is 9.64 Å². The van der Waals surface area contributed by atoms with Crippen molar-refractivity contribution in [2.24, 2.45) is 0 Å². The molecule has 0 amide bonds. The van der Waals surface area contributed by atoms with Crippen molar-refractivity contribution in [3.05, 3.63) is 48.0 Å². The van der Waals surface area contributed by atoms with Crippen molar-refractivity contribution in [3.63, 3.8) is 0 Å². The summed E-state index contributed by atoms with van der Waals surface area (Å²) in [5.74, 6) is 1.28. The number of hydrogen-bond acceptors (Lipinski definition) is 4. The van der Waals surface area contributed by atoms with Gasteiger partial charge in [-0.15, -0.1) is 0 Å². The largest absolute Gasteiger partial charge is 0.453 e. The summed E-state index contributed by atoms with van der Waals surface area (Å²) >= 11 is 0. The highest BCUT2D eigenvalue weighted by atomic mass is 32.2. The van der Waals surface area contributed by atoms with Crippen LogP contribution in [0, 0.1) is 0 Å². The minimum atomic E-state index is -4.26. The summed E-state index contributed by atoms with van der Waals surface area (Å²) in [6, 6.07) is 13.1. The molecular formula is C19H23NO4S. The molecule has 25 heavy (non-hydrogen) atoms. The average Bonchev–Trinajstić information content (AvgIpc) is 2.59. The first-order valence-electron chi connectivity index (χ1n) is 8.61. The molecule has 3 rings (SSSR count).